The molecule has 0 unspecified atom stereocenters. The summed E-state index contributed by atoms with van der Waals surface area (Å²) in [7, 11) is 0. The van der Waals surface area contributed by atoms with Gasteiger partial charge in [0.05, 0.1) is 0 Å². The lowest BCUT2D eigenvalue weighted by molar-refractivity contribution is 0.756. The van der Waals surface area contributed by atoms with Crippen molar-refractivity contribution in [3.8, 4) is 0 Å². The third kappa shape index (κ3) is 1.87. The summed E-state index contributed by atoms with van der Waals surface area (Å²) in [6.07, 6.45) is 4.88. The van der Waals surface area contributed by atoms with Gasteiger partial charge in [-0.05, 0) is 55.0 Å². The van der Waals surface area contributed by atoms with Crippen molar-refractivity contribution in [1.29, 1.82) is 0 Å². The summed E-state index contributed by atoms with van der Waals surface area (Å²) in [4.78, 5) is 2.52. The highest BCUT2D eigenvalue weighted by Gasteiger charge is 2.22. The van der Waals surface area contributed by atoms with Crippen LogP contribution in [0.25, 0.3) is 0 Å². The summed E-state index contributed by atoms with van der Waals surface area (Å²) in [6, 6.07) is 15.5. The third-order valence-electron chi connectivity index (χ3n) is 4.47. The fraction of sp³-hybridized carbons (Fsp3) is 0.333. The van der Waals surface area contributed by atoms with E-state index in [9.17, 15) is 0 Å². The van der Waals surface area contributed by atoms with Crippen LogP contribution in [0, 0.1) is 0 Å². The minimum absolute atomic E-state index is 1.10. The number of nitrogens with zero attached hydrogens (tertiary/aromatic N) is 1. The number of nitrogens with one attached hydrogen (secondary N) is 1. The van der Waals surface area contributed by atoms with Crippen molar-refractivity contribution < 1.29 is 0 Å². The standard InChI is InChI=1S/C18H20N2/c1-2-10-17-14(6-1)7-5-13-20(17)18-11-3-9-16-15(18)8-4-12-19-16/h1-3,6,9-11,19H,4-5,7-8,12-13H2. The Hall–Kier alpha value is -1.96. The van der Waals surface area contributed by atoms with Crippen LogP contribution in [0.15, 0.2) is 42.5 Å². The van der Waals surface area contributed by atoms with Gasteiger partial charge in [-0.1, -0.05) is 24.3 Å². The van der Waals surface area contributed by atoms with Crippen LogP contribution in [0.3, 0.4) is 0 Å². The van der Waals surface area contributed by atoms with Crippen LogP contribution in [0.2, 0.25) is 0 Å². The molecule has 2 aromatic carbocycles. The Morgan fingerprint density at radius 2 is 1.75 bits per heavy atom. The van der Waals surface area contributed by atoms with Gasteiger partial charge in [-0.15, -0.1) is 0 Å². The highest BCUT2D eigenvalue weighted by Crippen LogP contribution is 2.38. The first-order valence-corrected chi connectivity index (χ1v) is 7.65. The summed E-state index contributed by atoms with van der Waals surface area (Å²) in [6.45, 7) is 2.24. The second-order valence-electron chi connectivity index (χ2n) is 5.72. The van der Waals surface area contributed by atoms with E-state index in [0.717, 1.165) is 13.1 Å². The smallest absolute Gasteiger partial charge is 0.0464 e. The van der Waals surface area contributed by atoms with Crippen LogP contribution in [0.1, 0.15) is 24.0 Å². The molecule has 102 valence electrons. The van der Waals surface area contributed by atoms with Crippen LogP contribution in [0.5, 0.6) is 0 Å². The van der Waals surface area contributed by atoms with Crippen molar-refractivity contribution in [1.82, 2.24) is 0 Å². The molecule has 0 saturated heterocycles. The van der Waals surface area contributed by atoms with E-state index in [-0.39, 0.29) is 0 Å². The van der Waals surface area contributed by atoms with Gasteiger partial charge in [0.15, 0.2) is 0 Å². The first-order valence-electron chi connectivity index (χ1n) is 7.65. The average molecular weight is 264 g/mol. The molecule has 0 radical (unpaired) electrons. The van der Waals surface area contributed by atoms with E-state index in [4.69, 9.17) is 0 Å². The Bertz CT molecular complexity index is 633. The summed E-state index contributed by atoms with van der Waals surface area (Å²) in [5.41, 5.74) is 7.12. The van der Waals surface area contributed by atoms with E-state index in [1.165, 1.54) is 53.9 Å². The lowest BCUT2D eigenvalue weighted by Gasteiger charge is -2.34. The molecule has 0 amide bonds. The predicted octanol–water partition coefficient (Wildman–Crippen LogP) is 4.13. The fourth-order valence-corrected chi connectivity index (χ4v) is 3.53. The number of aryl methyl sites for hydroxylation is 1. The average Bonchev–Trinajstić information content (AvgIpc) is 2.54. The molecule has 2 heterocycles. The Morgan fingerprint density at radius 3 is 2.75 bits per heavy atom. The molecular weight excluding hydrogens is 244 g/mol. The van der Waals surface area contributed by atoms with Gasteiger partial charge in [-0.3, -0.25) is 0 Å². The van der Waals surface area contributed by atoms with Crippen LogP contribution in [0.4, 0.5) is 17.1 Å². The quantitative estimate of drug-likeness (QED) is 0.833. The maximum absolute atomic E-state index is 3.54. The number of hydrogen-bond donors (Lipinski definition) is 1. The second-order valence-corrected chi connectivity index (χ2v) is 5.72. The first kappa shape index (κ1) is 11.8. The van der Waals surface area contributed by atoms with E-state index in [0.29, 0.717) is 0 Å². The zero-order chi connectivity index (χ0) is 13.4. The molecule has 2 aliphatic rings. The summed E-state index contributed by atoms with van der Waals surface area (Å²) in [5.74, 6) is 0. The second kappa shape index (κ2) is 4.86. The minimum Gasteiger partial charge on any atom is -0.385 e. The van der Waals surface area contributed by atoms with Crippen molar-refractivity contribution in [3.05, 3.63) is 53.6 Å². The number of hydrogen-bond acceptors (Lipinski definition) is 2. The van der Waals surface area contributed by atoms with Crippen molar-refractivity contribution in [2.75, 3.05) is 23.3 Å². The van der Waals surface area contributed by atoms with Gasteiger partial charge < -0.3 is 10.2 Å². The normalized spacial score (nSPS) is 17.1. The van der Waals surface area contributed by atoms with Crippen molar-refractivity contribution in [2.45, 2.75) is 25.7 Å². The van der Waals surface area contributed by atoms with Crippen molar-refractivity contribution in [3.63, 3.8) is 0 Å². The largest absolute Gasteiger partial charge is 0.385 e. The highest BCUT2D eigenvalue weighted by atomic mass is 15.1. The van der Waals surface area contributed by atoms with E-state index >= 15 is 0 Å². The Labute approximate surface area is 120 Å². The first-order chi connectivity index (χ1) is 9.93. The van der Waals surface area contributed by atoms with Gasteiger partial charge in [0.1, 0.15) is 0 Å². The Morgan fingerprint density at radius 1 is 0.850 bits per heavy atom. The molecule has 0 bridgehead atoms. The van der Waals surface area contributed by atoms with Crippen molar-refractivity contribution in [2.24, 2.45) is 0 Å². The molecule has 2 aromatic rings. The number of fused-ring (bicyclic) bond motifs is 2. The van der Waals surface area contributed by atoms with Gasteiger partial charge in [0.25, 0.3) is 0 Å². The maximum atomic E-state index is 3.54. The van der Waals surface area contributed by atoms with Gasteiger partial charge in [0, 0.05) is 30.2 Å². The lowest BCUT2D eigenvalue weighted by atomic mass is 9.96. The van der Waals surface area contributed by atoms with Crippen LogP contribution in [-0.2, 0) is 12.8 Å². The van der Waals surface area contributed by atoms with E-state index in [1.54, 1.807) is 0 Å². The monoisotopic (exact) mass is 264 g/mol. The van der Waals surface area contributed by atoms with E-state index in [2.05, 4.69) is 52.7 Å². The predicted molar refractivity (Wildman–Crippen MR) is 85.0 cm³/mol. The summed E-state index contributed by atoms with van der Waals surface area (Å²) in [5, 5.41) is 3.54. The fourth-order valence-electron chi connectivity index (χ4n) is 3.53. The Balaban J connectivity index is 1.83. The molecule has 2 heteroatoms. The summed E-state index contributed by atoms with van der Waals surface area (Å²) < 4.78 is 0. The molecule has 20 heavy (non-hydrogen) atoms. The summed E-state index contributed by atoms with van der Waals surface area (Å²) >= 11 is 0. The highest BCUT2D eigenvalue weighted by molar-refractivity contribution is 5.75. The van der Waals surface area contributed by atoms with E-state index in [1.807, 2.05) is 0 Å². The van der Waals surface area contributed by atoms with Crippen LogP contribution < -0.4 is 10.2 Å². The Kier molecular flexibility index (Phi) is 2.87. The molecule has 0 fully saturated rings. The molecule has 0 saturated carbocycles. The molecule has 1 N–H and O–H groups in total. The van der Waals surface area contributed by atoms with Crippen LogP contribution in [-0.4, -0.2) is 13.1 Å². The SMILES string of the molecule is c1ccc2c(c1)CCCN2c1cccc2c1CCCN2. The topological polar surface area (TPSA) is 15.3 Å². The number of benzene rings is 2. The van der Waals surface area contributed by atoms with E-state index < -0.39 is 0 Å². The molecule has 4 rings (SSSR count). The number of para-hydroxylation sites is 1. The molecule has 2 aliphatic heterocycles. The van der Waals surface area contributed by atoms with Crippen molar-refractivity contribution >= 4 is 17.1 Å². The zero-order valence-electron chi connectivity index (χ0n) is 11.7. The molecule has 0 atom stereocenters. The number of anilines is 3. The zero-order valence-corrected chi connectivity index (χ0v) is 11.7. The molecular formula is C18H20N2. The third-order valence-corrected chi connectivity index (χ3v) is 4.47. The van der Waals surface area contributed by atoms with Gasteiger partial charge in [-0.25, -0.2) is 0 Å². The molecule has 0 aliphatic carbocycles. The maximum Gasteiger partial charge on any atom is 0.0464 e. The molecule has 2 nitrogen and oxygen atoms in total. The van der Waals surface area contributed by atoms with Gasteiger partial charge in [-0.2, -0.15) is 0 Å². The van der Waals surface area contributed by atoms with Crippen LogP contribution >= 0.6 is 0 Å². The molecule has 0 aromatic heterocycles. The van der Waals surface area contributed by atoms with Gasteiger partial charge >= 0.3 is 0 Å². The number of rotatable bonds is 1. The molecule has 0 spiro atoms. The lowest BCUT2D eigenvalue weighted by Crippen LogP contribution is -2.26. The van der Waals surface area contributed by atoms with Gasteiger partial charge in [0.2, 0.25) is 0 Å². The minimum atomic E-state index is 1.10.